The fourth-order valence-electron chi connectivity index (χ4n) is 2.49. The number of piperazine rings is 1. The second-order valence-corrected chi connectivity index (χ2v) is 4.86. The number of nitriles is 1. The van der Waals surface area contributed by atoms with Gasteiger partial charge in [-0.15, -0.1) is 0 Å². The Bertz CT molecular complexity index is 487. The Balaban J connectivity index is 2.27. The van der Waals surface area contributed by atoms with Crippen molar-refractivity contribution in [2.75, 3.05) is 26.2 Å². The summed E-state index contributed by atoms with van der Waals surface area (Å²) in [6.45, 7) is 2.54. The molecule has 1 heterocycles. The molecule has 2 rings (SSSR count). The van der Waals surface area contributed by atoms with Crippen molar-refractivity contribution in [1.29, 1.82) is 5.26 Å². The van der Waals surface area contributed by atoms with Gasteiger partial charge in [-0.1, -0.05) is 12.1 Å². The van der Waals surface area contributed by atoms with Crippen LogP contribution in [0, 0.1) is 11.3 Å². The maximum Gasteiger partial charge on any atom is 0.390 e. The summed E-state index contributed by atoms with van der Waals surface area (Å²) in [5, 5.41) is 12.0. The predicted octanol–water partition coefficient (Wildman–Crippen LogP) is 2.46. The van der Waals surface area contributed by atoms with Crippen LogP contribution >= 0.6 is 0 Å². The molecule has 0 amide bonds. The fourth-order valence-corrected chi connectivity index (χ4v) is 2.49. The molecule has 1 aromatic carbocycles. The molecule has 1 atom stereocenters. The van der Waals surface area contributed by atoms with Crippen molar-refractivity contribution in [2.45, 2.75) is 18.6 Å². The molecule has 0 bridgehead atoms. The van der Waals surface area contributed by atoms with Gasteiger partial charge in [0.25, 0.3) is 0 Å². The van der Waals surface area contributed by atoms with Crippen molar-refractivity contribution >= 4 is 0 Å². The highest BCUT2D eigenvalue weighted by Gasteiger charge is 2.35. The van der Waals surface area contributed by atoms with Crippen LogP contribution in [0.5, 0.6) is 0 Å². The van der Waals surface area contributed by atoms with Crippen LogP contribution < -0.4 is 5.32 Å². The number of nitrogens with zero attached hydrogens (tertiary/aromatic N) is 2. The molecular weight excluding hydrogens is 267 g/mol. The van der Waals surface area contributed by atoms with Gasteiger partial charge in [0, 0.05) is 32.2 Å². The minimum atomic E-state index is -4.22. The van der Waals surface area contributed by atoms with Crippen molar-refractivity contribution in [3.63, 3.8) is 0 Å². The predicted molar refractivity (Wildman–Crippen MR) is 69.0 cm³/mol. The first-order valence-corrected chi connectivity index (χ1v) is 6.51. The molecule has 1 saturated heterocycles. The van der Waals surface area contributed by atoms with E-state index in [0.717, 1.165) is 0 Å². The van der Waals surface area contributed by atoms with E-state index in [0.29, 0.717) is 37.3 Å². The molecule has 1 N–H and O–H groups in total. The van der Waals surface area contributed by atoms with Gasteiger partial charge in [0.2, 0.25) is 0 Å². The number of alkyl halides is 3. The van der Waals surface area contributed by atoms with Crippen LogP contribution in [0.3, 0.4) is 0 Å². The molecular formula is C14H16F3N3. The smallest absolute Gasteiger partial charge is 0.314 e. The lowest BCUT2D eigenvalue weighted by Gasteiger charge is -2.35. The lowest BCUT2D eigenvalue weighted by Crippen LogP contribution is -2.46. The van der Waals surface area contributed by atoms with Crippen LogP contribution in [-0.4, -0.2) is 37.3 Å². The summed E-state index contributed by atoms with van der Waals surface area (Å²) in [5.41, 5.74) is 0.952. The molecule has 1 aromatic rings. The molecule has 0 saturated carbocycles. The number of rotatable bonds is 3. The van der Waals surface area contributed by atoms with Gasteiger partial charge in [0.15, 0.2) is 0 Å². The van der Waals surface area contributed by atoms with E-state index in [1.54, 1.807) is 24.3 Å². The first kappa shape index (κ1) is 14.8. The number of halogens is 3. The van der Waals surface area contributed by atoms with Crippen LogP contribution in [0.4, 0.5) is 13.2 Å². The molecule has 0 aromatic heterocycles. The first-order chi connectivity index (χ1) is 9.49. The van der Waals surface area contributed by atoms with E-state index in [9.17, 15) is 13.2 Å². The van der Waals surface area contributed by atoms with E-state index in [-0.39, 0.29) is 0 Å². The molecule has 6 heteroatoms. The zero-order valence-corrected chi connectivity index (χ0v) is 11.0. The van der Waals surface area contributed by atoms with E-state index in [2.05, 4.69) is 5.32 Å². The third-order valence-corrected chi connectivity index (χ3v) is 3.42. The highest BCUT2D eigenvalue weighted by molar-refractivity contribution is 5.34. The van der Waals surface area contributed by atoms with Gasteiger partial charge in [-0.3, -0.25) is 4.90 Å². The normalized spacial score (nSPS) is 18.5. The number of hydrogen-bond acceptors (Lipinski definition) is 3. The highest BCUT2D eigenvalue weighted by Crippen LogP contribution is 2.34. The van der Waals surface area contributed by atoms with E-state index < -0.39 is 18.6 Å². The summed E-state index contributed by atoms with van der Waals surface area (Å²) in [6, 6.07) is 7.72. The molecule has 0 radical (unpaired) electrons. The van der Waals surface area contributed by atoms with Crippen LogP contribution in [-0.2, 0) is 0 Å². The van der Waals surface area contributed by atoms with Crippen LogP contribution in [0.2, 0.25) is 0 Å². The molecule has 1 aliphatic heterocycles. The van der Waals surface area contributed by atoms with Gasteiger partial charge in [0.05, 0.1) is 18.1 Å². The summed E-state index contributed by atoms with van der Waals surface area (Å²) >= 11 is 0. The standard InChI is InChI=1S/C14H16F3N3/c15-14(16,17)9-13(20-6-4-19-5-7-20)12-3-1-2-11(8-12)10-18/h1-3,8,13,19H,4-7,9H2/t13-/m0/s1. The quantitative estimate of drug-likeness (QED) is 0.926. The number of hydrogen-bond donors (Lipinski definition) is 1. The Morgan fingerprint density at radius 2 is 2.00 bits per heavy atom. The maximum absolute atomic E-state index is 12.8. The van der Waals surface area contributed by atoms with E-state index in [1.165, 1.54) is 0 Å². The van der Waals surface area contributed by atoms with E-state index in [4.69, 9.17) is 5.26 Å². The average molecular weight is 283 g/mol. The molecule has 0 unspecified atom stereocenters. The largest absolute Gasteiger partial charge is 0.390 e. The van der Waals surface area contributed by atoms with E-state index in [1.807, 2.05) is 11.0 Å². The number of nitrogens with one attached hydrogen (secondary N) is 1. The lowest BCUT2D eigenvalue weighted by atomic mass is 9.99. The maximum atomic E-state index is 12.8. The monoisotopic (exact) mass is 283 g/mol. The first-order valence-electron chi connectivity index (χ1n) is 6.51. The molecule has 0 aliphatic carbocycles. The Labute approximate surface area is 116 Å². The molecule has 3 nitrogen and oxygen atoms in total. The second-order valence-electron chi connectivity index (χ2n) is 4.86. The van der Waals surface area contributed by atoms with Crippen molar-refractivity contribution in [2.24, 2.45) is 0 Å². The Hall–Kier alpha value is -1.58. The Kier molecular flexibility index (Phi) is 4.63. The average Bonchev–Trinajstić information content (AvgIpc) is 2.45. The summed E-state index contributed by atoms with van der Waals surface area (Å²) in [4.78, 5) is 1.83. The van der Waals surface area contributed by atoms with Crippen molar-refractivity contribution in [1.82, 2.24) is 10.2 Å². The summed E-state index contributed by atoms with van der Waals surface area (Å²) < 4.78 is 38.5. The SMILES string of the molecule is N#Cc1cccc([C@H](CC(F)(F)F)N2CCNCC2)c1. The minimum Gasteiger partial charge on any atom is -0.314 e. The van der Waals surface area contributed by atoms with E-state index >= 15 is 0 Å². The lowest BCUT2D eigenvalue weighted by molar-refractivity contribution is -0.148. The molecule has 108 valence electrons. The van der Waals surface area contributed by atoms with Gasteiger partial charge < -0.3 is 5.32 Å². The zero-order valence-electron chi connectivity index (χ0n) is 11.0. The van der Waals surface area contributed by atoms with Crippen molar-refractivity contribution in [3.05, 3.63) is 35.4 Å². The topological polar surface area (TPSA) is 39.1 Å². The molecule has 0 spiro atoms. The van der Waals surface area contributed by atoms with Crippen LogP contribution in [0.1, 0.15) is 23.6 Å². The van der Waals surface area contributed by atoms with Gasteiger partial charge in [0.1, 0.15) is 0 Å². The van der Waals surface area contributed by atoms with Crippen LogP contribution in [0.25, 0.3) is 0 Å². The van der Waals surface area contributed by atoms with Gasteiger partial charge in [-0.25, -0.2) is 0 Å². The summed E-state index contributed by atoms with van der Waals surface area (Å²) in [5.74, 6) is 0. The highest BCUT2D eigenvalue weighted by atomic mass is 19.4. The summed E-state index contributed by atoms with van der Waals surface area (Å²) in [7, 11) is 0. The third kappa shape index (κ3) is 3.95. The molecule has 1 fully saturated rings. The fraction of sp³-hybridized carbons (Fsp3) is 0.500. The van der Waals surface area contributed by atoms with Crippen molar-refractivity contribution in [3.8, 4) is 6.07 Å². The minimum absolute atomic E-state index is 0.393. The molecule has 20 heavy (non-hydrogen) atoms. The van der Waals surface area contributed by atoms with Crippen LogP contribution in [0.15, 0.2) is 24.3 Å². The molecule has 1 aliphatic rings. The van der Waals surface area contributed by atoms with Crippen molar-refractivity contribution < 1.29 is 13.2 Å². The zero-order chi connectivity index (χ0) is 14.6. The third-order valence-electron chi connectivity index (χ3n) is 3.42. The van der Waals surface area contributed by atoms with Gasteiger partial charge in [-0.2, -0.15) is 18.4 Å². The summed E-state index contributed by atoms with van der Waals surface area (Å²) in [6.07, 6.45) is -5.11. The second kappa shape index (κ2) is 6.25. The Morgan fingerprint density at radius 3 is 2.60 bits per heavy atom. The van der Waals surface area contributed by atoms with Gasteiger partial charge >= 0.3 is 6.18 Å². The number of benzene rings is 1. The Morgan fingerprint density at radius 1 is 1.30 bits per heavy atom. The van der Waals surface area contributed by atoms with Gasteiger partial charge in [-0.05, 0) is 17.7 Å².